The van der Waals surface area contributed by atoms with Gasteiger partial charge < -0.3 is 20.1 Å². The van der Waals surface area contributed by atoms with Crippen molar-refractivity contribution in [2.45, 2.75) is 19.3 Å². The maximum Gasteiger partial charge on any atom is 0.415 e. The number of rotatable bonds is 2. The van der Waals surface area contributed by atoms with Crippen LogP contribution in [0.4, 0.5) is 10.5 Å². The normalized spacial score (nSPS) is 14.8. The van der Waals surface area contributed by atoms with Crippen LogP contribution < -0.4 is 10.5 Å². The lowest BCUT2D eigenvalue weighted by molar-refractivity contribution is 0.0597. The Morgan fingerprint density at radius 2 is 1.90 bits per heavy atom. The molecule has 0 aliphatic carbocycles. The van der Waals surface area contributed by atoms with Gasteiger partial charge in [-0.2, -0.15) is 0 Å². The Morgan fingerprint density at radius 3 is 2.55 bits per heavy atom. The first-order valence-corrected chi connectivity index (χ1v) is 6.56. The molecule has 1 aliphatic heterocycles. The third-order valence-electron chi connectivity index (χ3n) is 3.22. The molecule has 1 aromatic carbocycles. The maximum atomic E-state index is 12.1. The van der Waals surface area contributed by atoms with Crippen LogP contribution in [0, 0.1) is 0 Å². The number of amides is 1. The Kier molecular flexibility index (Phi) is 4.45. The molecule has 0 spiro atoms. The average molecular weight is 278 g/mol. The minimum absolute atomic E-state index is 0.132. The molecule has 0 radical (unpaired) electrons. The molecule has 6 nitrogen and oxygen atoms in total. The molecule has 1 amide bonds. The number of ether oxygens (including phenoxy) is 2. The summed E-state index contributed by atoms with van der Waals surface area (Å²) < 4.78 is 9.95. The highest BCUT2D eigenvalue weighted by Gasteiger charge is 2.21. The Hall–Kier alpha value is -2.24. The van der Waals surface area contributed by atoms with Crippen LogP contribution in [0.15, 0.2) is 18.2 Å². The van der Waals surface area contributed by atoms with Gasteiger partial charge in [-0.05, 0) is 31.4 Å². The molecule has 108 valence electrons. The van der Waals surface area contributed by atoms with Gasteiger partial charge in [0, 0.05) is 24.8 Å². The summed E-state index contributed by atoms with van der Waals surface area (Å²) in [5.74, 6) is -0.432. The number of nitrogen functional groups attached to an aromatic ring is 1. The third-order valence-corrected chi connectivity index (χ3v) is 3.22. The van der Waals surface area contributed by atoms with Crippen molar-refractivity contribution in [2.75, 3.05) is 25.9 Å². The summed E-state index contributed by atoms with van der Waals surface area (Å²) in [6.07, 6.45) is 2.60. The van der Waals surface area contributed by atoms with Crippen molar-refractivity contribution < 1.29 is 19.1 Å². The molecule has 1 aliphatic rings. The van der Waals surface area contributed by atoms with Crippen LogP contribution in [0.5, 0.6) is 5.75 Å². The lowest BCUT2D eigenvalue weighted by Gasteiger charge is -2.26. The maximum absolute atomic E-state index is 12.1. The van der Waals surface area contributed by atoms with Gasteiger partial charge in [0.1, 0.15) is 11.3 Å². The minimum Gasteiger partial charge on any atom is -0.465 e. The largest absolute Gasteiger partial charge is 0.465 e. The Labute approximate surface area is 117 Å². The topological polar surface area (TPSA) is 81.9 Å². The zero-order valence-corrected chi connectivity index (χ0v) is 11.4. The Balaban J connectivity index is 2.16. The lowest BCUT2D eigenvalue weighted by Crippen LogP contribution is -2.37. The molecule has 0 aromatic heterocycles. The van der Waals surface area contributed by atoms with E-state index in [-0.39, 0.29) is 11.3 Å². The highest BCUT2D eigenvalue weighted by molar-refractivity contribution is 5.94. The Morgan fingerprint density at radius 1 is 1.20 bits per heavy atom. The molecule has 6 heteroatoms. The smallest absolute Gasteiger partial charge is 0.415 e. The summed E-state index contributed by atoms with van der Waals surface area (Å²) in [6.45, 7) is 1.35. The highest BCUT2D eigenvalue weighted by atomic mass is 16.6. The molecular weight excluding hydrogens is 260 g/mol. The van der Waals surface area contributed by atoms with E-state index in [1.807, 2.05) is 0 Å². The predicted molar refractivity (Wildman–Crippen MR) is 73.6 cm³/mol. The van der Waals surface area contributed by atoms with Gasteiger partial charge in [-0.15, -0.1) is 0 Å². The number of methoxy groups -OCH3 is 1. The number of carbonyl (C=O) groups excluding carboxylic acids is 2. The van der Waals surface area contributed by atoms with Gasteiger partial charge >= 0.3 is 12.1 Å². The second-order valence-electron chi connectivity index (χ2n) is 4.66. The van der Waals surface area contributed by atoms with Crippen LogP contribution in [0.3, 0.4) is 0 Å². The zero-order valence-electron chi connectivity index (χ0n) is 11.4. The van der Waals surface area contributed by atoms with E-state index >= 15 is 0 Å². The predicted octanol–water partition coefficient (Wildman–Crippen LogP) is 2.04. The molecule has 2 N–H and O–H groups in total. The standard InChI is InChI=1S/C14H18N2O4/c1-19-13(17)11-6-5-10(15)9-12(11)20-14(18)16-7-3-2-4-8-16/h5-6,9H,2-4,7-8,15H2,1H3. The number of hydrogen-bond donors (Lipinski definition) is 1. The zero-order chi connectivity index (χ0) is 14.5. The van der Waals surface area contributed by atoms with Gasteiger partial charge in [0.05, 0.1) is 7.11 Å². The van der Waals surface area contributed by atoms with Crippen molar-refractivity contribution in [3.8, 4) is 5.75 Å². The molecule has 0 atom stereocenters. The molecule has 0 saturated carbocycles. The van der Waals surface area contributed by atoms with Crippen molar-refractivity contribution in [1.29, 1.82) is 0 Å². The van der Waals surface area contributed by atoms with Gasteiger partial charge in [-0.25, -0.2) is 9.59 Å². The first-order valence-electron chi connectivity index (χ1n) is 6.56. The Bertz CT molecular complexity index is 510. The van der Waals surface area contributed by atoms with Gasteiger partial charge in [0.15, 0.2) is 0 Å². The molecule has 1 saturated heterocycles. The molecule has 1 heterocycles. The van der Waals surface area contributed by atoms with E-state index in [9.17, 15) is 9.59 Å². The van der Waals surface area contributed by atoms with Gasteiger partial charge in [-0.1, -0.05) is 0 Å². The molecule has 1 aromatic rings. The number of nitrogens with zero attached hydrogens (tertiary/aromatic N) is 1. The fourth-order valence-corrected chi connectivity index (χ4v) is 2.14. The van der Waals surface area contributed by atoms with Crippen molar-refractivity contribution in [3.63, 3.8) is 0 Å². The third kappa shape index (κ3) is 3.20. The van der Waals surface area contributed by atoms with Crippen molar-refractivity contribution >= 4 is 17.7 Å². The number of carbonyl (C=O) groups is 2. The van der Waals surface area contributed by atoms with Crippen LogP contribution in [0.2, 0.25) is 0 Å². The number of hydrogen-bond acceptors (Lipinski definition) is 5. The molecule has 2 rings (SSSR count). The second-order valence-corrected chi connectivity index (χ2v) is 4.66. The molecule has 20 heavy (non-hydrogen) atoms. The van der Waals surface area contributed by atoms with Crippen LogP contribution in [-0.2, 0) is 4.74 Å². The summed E-state index contributed by atoms with van der Waals surface area (Å²) in [5.41, 5.74) is 6.27. The van der Waals surface area contributed by atoms with Gasteiger partial charge in [0.2, 0.25) is 0 Å². The molecule has 0 bridgehead atoms. The molecular formula is C14H18N2O4. The monoisotopic (exact) mass is 278 g/mol. The van der Waals surface area contributed by atoms with Crippen molar-refractivity contribution in [1.82, 2.24) is 4.90 Å². The van der Waals surface area contributed by atoms with E-state index in [2.05, 4.69) is 4.74 Å². The fraction of sp³-hybridized carbons (Fsp3) is 0.429. The second kappa shape index (κ2) is 6.27. The van der Waals surface area contributed by atoms with Crippen LogP contribution >= 0.6 is 0 Å². The number of benzene rings is 1. The summed E-state index contributed by atoms with van der Waals surface area (Å²) in [6, 6.07) is 4.50. The van der Waals surface area contributed by atoms with E-state index < -0.39 is 12.1 Å². The quantitative estimate of drug-likeness (QED) is 0.661. The SMILES string of the molecule is COC(=O)c1ccc(N)cc1OC(=O)N1CCCCC1. The van der Waals surface area contributed by atoms with Crippen LogP contribution in [0.1, 0.15) is 29.6 Å². The van der Waals surface area contributed by atoms with E-state index in [4.69, 9.17) is 10.5 Å². The summed E-state index contributed by atoms with van der Waals surface area (Å²) in [4.78, 5) is 25.3. The summed E-state index contributed by atoms with van der Waals surface area (Å²) in [7, 11) is 1.27. The summed E-state index contributed by atoms with van der Waals surface area (Å²) in [5, 5.41) is 0. The number of anilines is 1. The van der Waals surface area contributed by atoms with E-state index in [0.717, 1.165) is 19.3 Å². The minimum atomic E-state index is -0.563. The molecule has 1 fully saturated rings. The number of esters is 1. The first kappa shape index (κ1) is 14.2. The average Bonchev–Trinajstić information content (AvgIpc) is 2.47. The van der Waals surface area contributed by atoms with E-state index in [0.29, 0.717) is 18.8 Å². The van der Waals surface area contributed by atoms with Gasteiger partial charge in [-0.3, -0.25) is 0 Å². The number of piperidine rings is 1. The van der Waals surface area contributed by atoms with Crippen LogP contribution in [0.25, 0.3) is 0 Å². The number of likely N-dealkylation sites (tertiary alicyclic amines) is 1. The summed E-state index contributed by atoms with van der Waals surface area (Å²) >= 11 is 0. The molecule has 0 unspecified atom stereocenters. The lowest BCUT2D eigenvalue weighted by atomic mass is 10.1. The van der Waals surface area contributed by atoms with E-state index in [1.54, 1.807) is 11.0 Å². The first-order chi connectivity index (χ1) is 9.61. The van der Waals surface area contributed by atoms with Crippen molar-refractivity contribution in [3.05, 3.63) is 23.8 Å². The van der Waals surface area contributed by atoms with Crippen LogP contribution in [-0.4, -0.2) is 37.2 Å². The van der Waals surface area contributed by atoms with Crippen molar-refractivity contribution in [2.24, 2.45) is 0 Å². The number of nitrogens with two attached hydrogens (primary N) is 1. The van der Waals surface area contributed by atoms with E-state index in [1.165, 1.54) is 19.2 Å². The fourth-order valence-electron chi connectivity index (χ4n) is 2.14. The highest BCUT2D eigenvalue weighted by Crippen LogP contribution is 2.24. The van der Waals surface area contributed by atoms with Gasteiger partial charge in [0.25, 0.3) is 0 Å².